The van der Waals surface area contributed by atoms with E-state index < -0.39 is 11.9 Å². The maximum Gasteiger partial charge on any atom is 0.328 e. The summed E-state index contributed by atoms with van der Waals surface area (Å²) in [5, 5.41) is 10.9. The van der Waals surface area contributed by atoms with Crippen LogP contribution in [-0.4, -0.2) is 47.9 Å². The number of carboxylic acid groups (broad SMARTS) is 1. The molecule has 6 heteroatoms. The molecule has 0 heterocycles. The fourth-order valence-electron chi connectivity index (χ4n) is 0.883. The predicted molar refractivity (Wildman–Crippen MR) is 57.7 cm³/mol. The van der Waals surface area contributed by atoms with Crippen LogP contribution in [0.1, 0.15) is 13.3 Å². The van der Waals surface area contributed by atoms with Gasteiger partial charge in [0, 0.05) is 25.7 Å². The third-order valence-corrected chi connectivity index (χ3v) is 1.70. The summed E-state index contributed by atoms with van der Waals surface area (Å²) in [5.74, 6) is -1.98. The van der Waals surface area contributed by atoms with E-state index in [1.807, 2.05) is 6.92 Å². The quantitative estimate of drug-likeness (QED) is 0.606. The van der Waals surface area contributed by atoms with Crippen LogP contribution in [0, 0.1) is 0 Å². The molecule has 0 aliphatic heterocycles. The van der Waals surface area contributed by atoms with Crippen molar-refractivity contribution in [2.75, 3.05) is 20.1 Å². The first kappa shape index (κ1) is 14.2. The van der Waals surface area contributed by atoms with E-state index in [1.165, 1.54) is 7.05 Å². The Morgan fingerprint density at radius 1 is 1.31 bits per heavy atom. The van der Waals surface area contributed by atoms with Crippen molar-refractivity contribution in [3.63, 3.8) is 0 Å². The summed E-state index contributed by atoms with van der Waals surface area (Å²) >= 11 is 0. The van der Waals surface area contributed by atoms with Crippen molar-refractivity contribution in [3.8, 4) is 0 Å². The Labute approximate surface area is 93.9 Å². The van der Waals surface area contributed by atoms with E-state index in [-0.39, 0.29) is 12.5 Å². The molecule has 0 aromatic heterocycles. The van der Waals surface area contributed by atoms with Crippen LogP contribution in [-0.2, 0) is 14.4 Å². The van der Waals surface area contributed by atoms with Crippen LogP contribution in [0.3, 0.4) is 0 Å². The highest BCUT2D eigenvalue weighted by Gasteiger charge is 2.09. The number of rotatable bonds is 6. The highest BCUT2D eigenvalue weighted by molar-refractivity contribution is 5.95. The first-order chi connectivity index (χ1) is 7.47. The fraction of sp³-hybridized carbons (Fsp3) is 0.500. The van der Waals surface area contributed by atoms with Crippen molar-refractivity contribution in [1.82, 2.24) is 10.2 Å². The molecule has 0 saturated heterocycles. The normalized spacial score (nSPS) is 10.1. The van der Waals surface area contributed by atoms with Crippen LogP contribution >= 0.6 is 0 Å². The van der Waals surface area contributed by atoms with Gasteiger partial charge in [-0.25, -0.2) is 4.79 Å². The highest BCUT2D eigenvalue weighted by Crippen LogP contribution is 1.87. The molecule has 0 bridgehead atoms. The monoisotopic (exact) mass is 228 g/mol. The molecule has 0 saturated carbocycles. The van der Waals surface area contributed by atoms with Gasteiger partial charge in [0.2, 0.25) is 11.8 Å². The maximum atomic E-state index is 11.3. The van der Waals surface area contributed by atoms with E-state index in [1.54, 1.807) is 0 Å². The summed E-state index contributed by atoms with van der Waals surface area (Å²) < 4.78 is 0. The molecule has 0 aromatic rings. The molecular weight excluding hydrogens is 212 g/mol. The summed E-state index contributed by atoms with van der Waals surface area (Å²) in [6, 6.07) is 0. The Hall–Kier alpha value is -1.85. The number of likely N-dealkylation sites (N-methyl/N-ethyl adjacent to an activating group) is 1. The van der Waals surface area contributed by atoms with Gasteiger partial charge in [0.1, 0.15) is 0 Å². The summed E-state index contributed by atoms with van der Waals surface area (Å²) in [4.78, 5) is 33.8. The highest BCUT2D eigenvalue weighted by atomic mass is 16.4. The molecule has 0 fully saturated rings. The number of aliphatic carboxylic acids is 1. The molecule has 0 aliphatic carbocycles. The number of hydrogen-bond acceptors (Lipinski definition) is 3. The van der Waals surface area contributed by atoms with Crippen molar-refractivity contribution < 1.29 is 19.5 Å². The molecule has 2 N–H and O–H groups in total. The summed E-state index contributed by atoms with van der Waals surface area (Å²) in [7, 11) is 1.43. The Bertz CT molecular complexity index is 299. The average Bonchev–Trinajstić information content (AvgIpc) is 2.22. The van der Waals surface area contributed by atoms with E-state index in [4.69, 9.17) is 5.11 Å². The molecule has 0 spiro atoms. The lowest BCUT2D eigenvalue weighted by atomic mass is 10.4. The predicted octanol–water partition coefficient (Wildman–Crippen LogP) is -0.388. The van der Waals surface area contributed by atoms with Crippen molar-refractivity contribution >= 4 is 17.8 Å². The van der Waals surface area contributed by atoms with Gasteiger partial charge in [0.15, 0.2) is 0 Å². The van der Waals surface area contributed by atoms with Crippen molar-refractivity contribution in [2.24, 2.45) is 0 Å². The number of nitrogens with zero attached hydrogens (tertiary/aromatic N) is 1. The Balaban J connectivity index is 4.05. The molecule has 90 valence electrons. The van der Waals surface area contributed by atoms with Crippen LogP contribution in [0.15, 0.2) is 12.2 Å². The molecular formula is C10H16N2O4. The molecule has 0 radical (unpaired) electrons. The number of hydrogen-bond donors (Lipinski definition) is 2. The van der Waals surface area contributed by atoms with Gasteiger partial charge < -0.3 is 15.3 Å². The molecule has 6 nitrogen and oxygen atoms in total. The first-order valence-electron chi connectivity index (χ1n) is 4.90. The molecule has 0 unspecified atom stereocenters. The largest absolute Gasteiger partial charge is 0.478 e. The second kappa shape index (κ2) is 7.44. The summed E-state index contributed by atoms with van der Waals surface area (Å²) in [6.07, 6.45) is 2.47. The zero-order chi connectivity index (χ0) is 12.6. The van der Waals surface area contributed by atoms with Crippen LogP contribution in [0.2, 0.25) is 0 Å². The van der Waals surface area contributed by atoms with E-state index in [0.29, 0.717) is 6.54 Å². The van der Waals surface area contributed by atoms with Gasteiger partial charge in [0.05, 0.1) is 6.54 Å². The van der Waals surface area contributed by atoms with Crippen LogP contribution < -0.4 is 5.32 Å². The first-order valence-corrected chi connectivity index (χ1v) is 4.90. The zero-order valence-corrected chi connectivity index (χ0v) is 9.40. The molecule has 0 rings (SSSR count). The van der Waals surface area contributed by atoms with Crippen molar-refractivity contribution in [2.45, 2.75) is 13.3 Å². The smallest absolute Gasteiger partial charge is 0.328 e. The maximum absolute atomic E-state index is 11.3. The number of nitrogens with one attached hydrogen (secondary N) is 1. The van der Waals surface area contributed by atoms with Gasteiger partial charge in [-0.3, -0.25) is 9.59 Å². The zero-order valence-electron chi connectivity index (χ0n) is 9.40. The molecule has 0 aliphatic rings. The van der Waals surface area contributed by atoms with E-state index in [9.17, 15) is 14.4 Å². The lowest BCUT2D eigenvalue weighted by molar-refractivity contribution is -0.132. The van der Waals surface area contributed by atoms with E-state index in [2.05, 4.69) is 5.32 Å². The fourth-order valence-corrected chi connectivity index (χ4v) is 0.883. The minimum atomic E-state index is -1.20. The lowest BCUT2D eigenvalue weighted by Gasteiger charge is -2.14. The van der Waals surface area contributed by atoms with Gasteiger partial charge in [0.25, 0.3) is 0 Å². The minimum Gasteiger partial charge on any atom is -0.478 e. The minimum absolute atomic E-state index is 0.0806. The van der Waals surface area contributed by atoms with Gasteiger partial charge >= 0.3 is 5.97 Å². The standard InChI is InChI=1S/C10H16N2O4/c1-3-6-11-8(13)7-12(2)9(14)4-5-10(15)16/h4-5H,3,6-7H2,1-2H3,(H,11,13)(H,15,16)/b5-4+. The second-order valence-electron chi connectivity index (χ2n) is 3.22. The number of carboxylic acids is 1. The number of carbonyl (C=O) groups excluding carboxylic acids is 2. The van der Waals surface area contributed by atoms with Gasteiger partial charge in [-0.15, -0.1) is 0 Å². The molecule has 0 aromatic carbocycles. The van der Waals surface area contributed by atoms with E-state index >= 15 is 0 Å². The van der Waals surface area contributed by atoms with Crippen LogP contribution in [0.25, 0.3) is 0 Å². The van der Waals surface area contributed by atoms with Crippen molar-refractivity contribution in [1.29, 1.82) is 0 Å². The Kier molecular flexibility index (Phi) is 6.58. The third-order valence-electron chi connectivity index (χ3n) is 1.70. The third kappa shape index (κ3) is 6.58. The Morgan fingerprint density at radius 3 is 2.44 bits per heavy atom. The average molecular weight is 228 g/mol. The molecule has 16 heavy (non-hydrogen) atoms. The summed E-state index contributed by atoms with van der Waals surface area (Å²) in [5.41, 5.74) is 0. The summed E-state index contributed by atoms with van der Waals surface area (Å²) in [6.45, 7) is 2.40. The molecule has 2 amide bonds. The second-order valence-corrected chi connectivity index (χ2v) is 3.22. The lowest BCUT2D eigenvalue weighted by Crippen LogP contribution is -2.37. The number of carbonyl (C=O) groups is 3. The number of amides is 2. The van der Waals surface area contributed by atoms with Crippen LogP contribution in [0.4, 0.5) is 0 Å². The van der Waals surface area contributed by atoms with Crippen LogP contribution in [0.5, 0.6) is 0 Å². The van der Waals surface area contributed by atoms with Gasteiger partial charge in [-0.05, 0) is 6.42 Å². The van der Waals surface area contributed by atoms with Crippen molar-refractivity contribution in [3.05, 3.63) is 12.2 Å². The van der Waals surface area contributed by atoms with Gasteiger partial charge in [-0.2, -0.15) is 0 Å². The van der Waals surface area contributed by atoms with E-state index in [0.717, 1.165) is 23.5 Å². The van der Waals surface area contributed by atoms with Gasteiger partial charge in [-0.1, -0.05) is 6.92 Å². The molecule has 0 atom stereocenters. The SMILES string of the molecule is CCCNC(=O)CN(C)C(=O)/C=C/C(=O)O. The topological polar surface area (TPSA) is 86.7 Å². The Morgan fingerprint density at radius 2 is 1.94 bits per heavy atom.